The molecule has 0 N–H and O–H groups in total. The van der Waals surface area contributed by atoms with Crippen LogP contribution in [0.15, 0.2) is 42.5 Å². The van der Waals surface area contributed by atoms with E-state index in [-0.39, 0.29) is 0 Å². The second-order valence-corrected chi connectivity index (χ2v) is 5.22. The number of rotatable bonds is 1. The van der Waals surface area contributed by atoms with Gasteiger partial charge in [-0.3, -0.25) is 0 Å². The molecule has 2 aliphatic rings. The minimum atomic E-state index is 0.376. The molecule has 0 spiro atoms. The smallest absolute Gasteiger partial charge is 0.161 e. The third-order valence-corrected chi connectivity index (χ3v) is 3.92. The maximum atomic E-state index is 5.86. The summed E-state index contributed by atoms with van der Waals surface area (Å²) in [6.45, 7) is 1.98. The van der Waals surface area contributed by atoms with Crippen molar-refractivity contribution in [1.29, 1.82) is 0 Å². The van der Waals surface area contributed by atoms with Gasteiger partial charge in [-0.25, -0.2) is 0 Å². The summed E-state index contributed by atoms with van der Waals surface area (Å²) in [6, 6.07) is 14.5. The number of hydrogen-bond donors (Lipinski definition) is 0. The average molecular weight is 268 g/mol. The van der Waals surface area contributed by atoms with Crippen molar-refractivity contribution < 1.29 is 14.2 Å². The van der Waals surface area contributed by atoms with Crippen LogP contribution in [0.1, 0.15) is 17.0 Å². The fraction of sp³-hybridized carbons (Fsp3) is 0.294. The zero-order valence-electron chi connectivity index (χ0n) is 11.2. The molecule has 20 heavy (non-hydrogen) atoms. The highest BCUT2D eigenvalue weighted by Crippen LogP contribution is 2.37. The lowest BCUT2D eigenvalue weighted by molar-refractivity contribution is 0.171. The maximum Gasteiger partial charge on any atom is 0.161 e. The lowest BCUT2D eigenvalue weighted by atomic mass is 9.90. The Balaban J connectivity index is 1.63. The van der Waals surface area contributed by atoms with Crippen molar-refractivity contribution >= 4 is 0 Å². The van der Waals surface area contributed by atoms with Crippen LogP contribution in [-0.4, -0.2) is 19.8 Å². The van der Waals surface area contributed by atoms with Crippen molar-refractivity contribution in [2.24, 2.45) is 0 Å². The van der Waals surface area contributed by atoms with Crippen LogP contribution in [0.2, 0.25) is 0 Å². The third-order valence-electron chi connectivity index (χ3n) is 3.92. The van der Waals surface area contributed by atoms with Gasteiger partial charge in [0.15, 0.2) is 11.5 Å². The summed E-state index contributed by atoms with van der Waals surface area (Å²) < 4.78 is 17.1. The summed E-state index contributed by atoms with van der Waals surface area (Å²) in [5.41, 5.74) is 2.53. The zero-order chi connectivity index (χ0) is 13.4. The first-order valence-electron chi connectivity index (χ1n) is 7.00. The van der Waals surface area contributed by atoms with Gasteiger partial charge in [-0.15, -0.1) is 0 Å². The van der Waals surface area contributed by atoms with Crippen LogP contribution in [0.25, 0.3) is 0 Å². The normalized spacial score (nSPS) is 19.9. The van der Waals surface area contributed by atoms with Crippen molar-refractivity contribution in [1.82, 2.24) is 0 Å². The van der Waals surface area contributed by atoms with Crippen LogP contribution < -0.4 is 14.2 Å². The molecule has 3 heteroatoms. The molecule has 2 aromatic carbocycles. The molecular formula is C17H16O3. The fourth-order valence-corrected chi connectivity index (χ4v) is 2.86. The van der Waals surface area contributed by atoms with Gasteiger partial charge < -0.3 is 14.2 Å². The molecule has 0 aliphatic carbocycles. The predicted molar refractivity (Wildman–Crippen MR) is 75.8 cm³/mol. The van der Waals surface area contributed by atoms with Gasteiger partial charge in [0.2, 0.25) is 0 Å². The number of hydrogen-bond acceptors (Lipinski definition) is 3. The summed E-state index contributed by atoms with van der Waals surface area (Å²) >= 11 is 0. The van der Waals surface area contributed by atoms with Crippen molar-refractivity contribution in [3.8, 4) is 17.2 Å². The van der Waals surface area contributed by atoms with E-state index in [1.807, 2.05) is 18.2 Å². The standard InChI is InChI=1S/C17H16O3/c1-2-4-15-13(3-1)9-14(11-20-15)12-5-6-16-17(10-12)19-8-7-18-16/h1-6,10,14H,7-9,11H2. The van der Waals surface area contributed by atoms with Gasteiger partial charge in [0.25, 0.3) is 0 Å². The van der Waals surface area contributed by atoms with Crippen LogP contribution in [0.3, 0.4) is 0 Å². The van der Waals surface area contributed by atoms with Gasteiger partial charge in [-0.2, -0.15) is 0 Å². The van der Waals surface area contributed by atoms with Crippen LogP contribution in [0, 0.1) is 0 Å². The first-order valence-corrected chi connectivity index (χ1v) is 7.00. The Kier molecular flexibility index (Phi) is 2.76. The summed E-state index contributed by atoms with van der Waals surface area (Å²) in [4.78, 5) is 0. The van der Waals surface area contributed by atoms with Gasteiger partial charge in [-0.05, 0) is 35.7 Å². The molecule has 0 fully saturated rings. The Morgan fingerprint density at radius 2 is 1.65 bits per heavy atom. The molecule has 2 aliphatic heterocycles. The van der Waals surface area contributed by atoms with E-state index in [1.54, 1.807) is 0 Å². The van der Waals surface area contributed by atoms with Crippen molar-refractivity contribution in [2.45, 2.75) is 12.3 Å². The zero-order valence-corrected chi connectivity index (χ0v) is 11.2. The third kappa shape index (κ3) is 1.99. The van der Waals surface area contributed by atoms with Crippen LogP contribution in [-0.2, 0) is 6.42 Å². The van der Waals surface area contributed by atoms with E-state index in [0.717, 1.165) is 30.3 Å². The summed E-state index contributed by atoms with van der Waals surface area (Å²) in [6.07, 6.45) is 1.01. The lowest BCUT2D eigenvalue weighted by Crippen LogP contribution is -2.20. The Morgan fingerprint density at radius 1 is 0.800 bits per heavy atom. The van der Waals surface area contributed by atoms with Gasteiger partial charge in [0.05, 0.1) is 6.61 Å². The van der Waals surface area contributed by atoms with E-state index < -0.39 is 0 Å². The highest BCUT2D eigenvalue weighted by atomic mass is 16.6. The highest BCUT2D eigenvalue weighted by Gasteiger charge is 2.22. The average Bonchev–Trinajstić information content (AvgIpc) is 2.54. The van der Waals surface area contributed by atoms with E-state index in [1.165, 1.54) is 11.1 Å². The van der Waals surface area contributed by atoms with E-state index in [0.29, 0.717) is 19.1 Å². The van der Waals surface area contributed by atoms with Gasteiger partial charge in [-0.1, -0.05) is 24.3 Å². The Bertz CT molecular complexity index is 636. The number of fused-ring (bicyclic) bond motifs is 2. The maximum absolute atomic E-state index is 5.86. The Labute approximate surface area is 118 Å². The van der Waals surface area contributed by atoms with Gasteiger partial charge in [0, 0.05) is 5.92 Å². The Hall–Kier alpha value is -2.16. The quantitative estimate of drug-likeness (QED) is 0.795. The van der Waals surface area contributed by atoms with Crippen LogP contribution >= 0.6 is 0 Å². The van der Waals surface area contributed by atoms with Crippen molar-refractivity contribution in [3.63, 3.8) is 0 Å². The van der Waals surface area contributed by atoms with E-state index in [9.17, 15) is 0 Å². The Morgan fingerprint density at radius 3 is 2.60 bits per heavy atom. The molecule has 0 saturated heterocycles. The van der Waals surface area contributed by atoms with Gasteiger partial charge >= 0.3 is 0 Å². The molecule has 0 aromatic heterocycles. The summed E-state index contributed by atoms with van der Waals surface area (Å²) in [7, 11) is 0. The molecule has 3 nitrogen and oxygen atoms in total. The molecule has 0 bridgehead atoms. The van der Waals surface area contributed by atoms with E-state index in [4.69, 9.17) is 14.2 Å². The summed E-state index contributed by atoms with van der Waals surface area (Å²) in [5, 5.41) is 0. The number of benzene rings is 2. The molecule has 1 atom stereocenters. The SMILES string of the molecule is c1ccc2c(c1)CC(c1ccc3c(c1)OCCO3)CO2. The monoisotopic (exact) mass is 268 g/mol. The first-order chi connectivity index (χ1) is 9.90. The molecule has 2 aromatic rings. The molecule has 1 unspecified atom stereocenters. The second-order valence-electron chi connectivity index (χ2n) is 5.22. The highest BCUT2D eigenvalue weighted by molar-refractivity contribution is 5.46. The van der Waals surface area contributed by atoms with E-state index >= 15 is 0 Å². The second kappa shape index (κ2) is 4.75. The topological polar surface area (TPSA) is 27.7 Å². The minimum Gasteiger partial charge on any atom is -0.493 e. The first kappa shape index (κ1) is 11.6. The molecular weight excluding hydrogens is 252 g/mol. The van der Waals surface area contributed by atoms with Crippen molar-refractivity contribution in [2.75, 3.05) is 19.8 Å². The molecule has 0 saturated carbocycles. The minimum absolute atomic E-state index is 0.376. The summed E-state index contributed by atoms with van der Waals surface area (Å²) in [5.74, 6) is 3.09. The molecule has 4 rings (SSSR count). The predicted octanol–water partition coefficient (Wildman–Crippen LogP) is 3.18. The number of ether oxygens (including phenoxy) is 3. The lowest BCUT2D eigenvalue weighted by Gasteiger charge is -2.27. The van der Waals surface area contributed by atoms with Gasteiger partial charge in [0.1, 0.15) is 19.0 Å². The molecule has 0 amide bonds. The molecule has 102 valence electrons. The number of para-hydroxylation sites is 1. The van der Waals surface area contributed by atoms with Crippen molar-refractivity contribution in [3.05, 3.63) is 53.6 Å². The fourth-order valence-electron chi connectivity index (χ4n) is 2.86. The largest absolute Gasteiger partial charge is 0.493 e. The molecule has 2 heterocycles. The van der Waals surface area contributed by atoms with Crippen LogP contribution in [0.5, 0.6) is 17.2 Å². The van der Waals surface area contributed by atoms with Crippen LogP contribution in [0.4, 0.5) is 0 Å². The van der Waals surface area contributed by atoms with E-state index in [2.05, 4.69) is 24.3 Å². The molecule has 0 radical (unpaired) electrons.